The van der Waals surface area contributed by atoms with Crippen molar-refractivity contribution in [3.8, 4) is 0 Å². The van der Waals surface area contributed by atoms with E-state index in [-0.39, 0.29) is 6.61 Å². The van der Waals surface area contributed by atoms with E-state index in [4.69, 9.17) is 0 Å². The number of aliphatic hydroxyl groups is 1. The van der Waals surface area contributed by atoms with Crippen molar-refractivity contribution in [3.05, 3.63) is 35.4 Å². The molecule has 1 rings (SSSR count). The van der Waals surface area contributed by atoms with Crippen LogP contribution in [-0.4, -0.2) is 36.8 Å². The molecular weight excluding hydrogens is 222 g/mol. The third kappa shape index (κ3) is 4.79. The van der Waals surface area contributed by atoms with Crippen LogP contribution in [0.4, 0.5) is 0 Å². The van der Waals surface area contributed by atoms with Crippen LogP contribution >= 0.6 is 0 Å². The summed E-state index contributed by atoms with van der Waals surface area (Å²) in [7, 11) is 2.14. The minimum absolute atomic E-state index is 0.284. The number of aliphatic hydroxyl groups excluding tert-OH is 1. The first-order chi connectivity index (χ1) is 8.54. The molecular formula is C16H27NO. The highest BCUT2D eigenvalue weighted by molar-refractivity contribution is 5.25. The molecule has 0 aliphatic heterocycles. The van der Waals surface area contributed by atoms with Gasteiger partial charge in [0.05, 0.1) is 0 Å². The Morgan fingerprint density at radius 3 is 2.44 bits per heavy atom. The Morgan fingerprint density at radius 1 is 1.22 bits per heavy atom. The summed E-state index contributed by atoms with van der Waals surface area (Å²) in [5, 5.41) is 9.35. The molecule has 0 heterocycles. The number of aryl methyl sites for hydroxylation is 1. The maximum Gasteiger partial charge on any atom is 0.0473 e. The Bertz CT molecular complexity index is 349. The van der Waals surface area contributed by atoms with Crippen LogP contribution in [0.5, 0.6) is 0 Å². The molecule has 1 aromatic carbocycles. The molecule has 1 aromatic rings. The van der Waals surface area contributed by atoms with Crippen LogP contribution in [0, 0.1) is 18.8 Å². The molecule has 102 valence electrons. The summed E-state index contributed by atoms with van der Waals surface area (Å²) >= 11 is 0. The largest absolute Gasteiger partial charge is 0.396 e. The highest BCUT2D eigenvalue weighted by Gasteiger charge is 2.14. The van der Waals surface area contributed by atoms with Crippen molar-refractivity contribution in [1.29, 1.82) is 0 Å². The van der Waals surface area contributed by atoms with E-state index >= 15 is 0 Å². The molecule has 1 atom stereocenters. The van der Waals surface area contributed by atoms with Crippen molar-refractivity contribution in [2.24, 2.45) is 11.8 Å². The number of benzene rings is 1. The molecule has 1 N–H and O–H groups in total. The van der Waals surface area contributed by atoms with Crippen LogP contribution < -0.4 is 0 Å². The van der Waals surface area contributed by atoms with Crippen LogP contribution in [0.25, 0.3) is 0 Å². The van der Waals surface area contributed by atoms with Gasteiger partial charge in [-0.3, -0.25) is 0 Å². The zero-order chi connectivity index (χ0) is 13.5. The Hall–Kier alpha value is -0.860. The first kappa shape index (κ1) is 15.2. The second-order valence-electron chi connectivity index (χ2n) is 5.63. The number of hydrogen-bond acceptors (Lipinski definition) is 2. The fraction of sp³-hybridized carbons (Fsp3) is 0.625. The maximum absolute atomic E-state index is 9.35. The standard InChI is InChI=1S/C16H27NO/c1-13(2)16(12-18)11-17(4)10-9-15-8-6-5-7-14(15)3/h5-8,13,16,18H,9-12H2,1-4H3. The molecule has 0 fully saturated rings. The highest BCUT2D eigenvalue weighted by atomic mass is 16.3. The van der Waals surface area contributed by atoms with Gasteiger partial charge in [0.2, 0.25) is 0 Å². The lowest BCUT2D eigenvalue weighted by atomic mass is 9.96. The van der Waals surface area contributed by atoms with Crippen molar-refractivity contribution in [3.63, 3.8) is 0 Å². The number of likely N-dealkylation sites (N-methyl/N-ethyl adjacent to an activating group) is 1. The predicted molar refractivity (Wildman–Crippen MR) is 77.8 cm³/mol. The summed E-state index contributed by atoms with van der Waals surface area (Å²) in [4.78, 5) is 2.33. The molecule has 0 radical (unpaired) electrons. The molecule has 2 heteroatoms. The molecule has 2 nitrogen and oxygen atoms in total. The minimum Gasteiger partial charge on any atom is -0.396 e. The van der Waals surface area contributed by atoms with E-state index in [2.05, 4.69) is 57.0 Å². The first-order valence-corrected chi connectivity index (χ1v) is 6.88. The van der Waals surface area contributed by atoms with Gasteiger partial charge in [-0.05, 0) is 43.4 Å². The molecule has 0 aromatic heterocycles. The fourth-order valence-electron chi connectivity index (χ4n) is 2.17. The van der Waals surface area contributed by atoms with Crippen LogP contribution in [-0.2, 0) is 6.42 Å². The average molecular weight is 249 g/mol. The molecule has 0 bridgehead atoms. The first-order valence-electron chi connectivity index (χ1n) is 6.88. The van der Waals surface area contributed by atoms with Gasteiger partial charge in [-0.2, -0.15) is 0 Å². The summed E-state index contributed by atoms with van der Waals surface area (Å²) in [6.45, 7) is 8.83. The summed E-state index contributed by atoms with van der Waals surface area (Å²) in [5.41, 5.74) is 2.79. The minimum atomic E-state index is 0.284. The zero-order valence-electron chi connectivity index (χ0n) is 12.2. The maximum atomic E-state index is 9.35. The van der Waals surface area contributed by atoms with Crippen LogP contribution in [0.15, 0.2) is 24.3 Å². The van der Waals surface area contributed by atoms with Gasteiger partial charge in [-0.1, -0.05) is 38.1 Å². The Labute approximate surface area is 112 Å². The molecule has 0 saturated carbocycles. The van der Waals surface area contributed by atoms with Gasteiger partial charge in [-0.15, -0.1) is 0 Å². The Kier molecular flexibility index (Phi) is 6.37. The summed E-state index contributed by atoms with van der Waals surface area (Å²) in [5.74, 6) is 0.919. The van der Waals surface area contributed by atoms with E-state index < -0.39 is 0 Å². The molecule has 0 aliphatic rings. The van der Waals surface area contributed by atoms with Gasteiger partial charge < -0.3 is 10.0 Å². The second-order valence-corrected chi connectivity index (χ2v) is 5.63. The van der Waals surface area contributed by atoms with Crippen molar-refractivity contribution in [1.82, 2.24) is 4.90 Å². The van der Waals surface area contributed by atoms with Crippen molar-refractivity contribution < 1.29 is 5.11 Å². The monoisotopic (exact) mass is 249 g/mol. The van der Waals surface area contributed by atoms with Crippen molar-refractivity contribution in [2.75, 3.05) is 26.7 Å². The zero-order valence-corrected chi connectivity index (χ0v) is 12.2. The van der Waals surface area contributed by atoms with Crippen molar-refractivity contribution >= 4 is 0 Å². The lowest BCUT2D eigenvalue weighted by Crippen LogP contribution is -2.32. The number of rotatable bonds is 7. The third-order valence-electron chi connectivity index (χ3n) is 3.75. The van der Waals surface area contributed by atoms with Crippen LogP contribution in [0.2, 0.25) is 0 Å². The summed E-state index contributed by atoms with van der Waals surface area (Å²) < 4.78 is 0. The Morgan fingerprint density at radius 2 is 1.89 bits per heavy atom. The molecule has 0 aliphatic carbocycles. The van der Waals surface area contributed by atoms with Gasteiger partial charge in [0.15, 0.2) is 0 Å². The average Bonchev–Trinajstić information content (AvgIpc) is 2.34. The molecule has 0 saturated heterocycles. The lowest BCUT2D eigenvalue weighted by molar-refractivity contribution is 0.147. The quantitative estimate of drug-likeness (QED) is 0.803. The topological polar surface area (TPSA) is 23.5 Å². The number of nitrogens with zero attached hydrogens (tertiary/aromatic N) is 1. The van der Waals surface area contributed by atoms with Crippen LogP contribution in [0.1, 0.15) is 25.0 Å². The normalized spacial score (nSPS) is 13.3. The van der Waals surface area contributed by atoms with E-state index in [1.54, 1.807) is 0 Å². The summed E-state index contributed by atoms with van der Waals surface area (Å²) in [6, 6.07) is 8.56. The van der Waals surface area contributed by atoms with Gasteiger partial charge in [-0.25, -0.2) is 0 Å². The van der Waals surface area contributed by atoms with E-state index in [1.165, 1.54) is 11.1 Å². The van der Waals surface area contributed by atoms with Gasteiger partial charge in [0, 0.05) is 19.7 Å². The molecule has 1 unspecified atom stereocenters. The highest BCUT2D eigenvalue weighted by Crippen LogP contribution is 2.12. The Balaban J connectivity index is 2.41. The smallest absolute Gasteiger partial charge is 0.0473 e. The number of hydrogen-bond donors (Lipinski definition) is 1. The third-order valence-corrected chi connectivity index (χ3v) is 3.75. The fourth-order valence-corrected chi connectivity index (χ4v) is 2.17. The molecule has 18 heavy (non-hydrogen) atoms. The van der Waals surface area contributed by atoms with E-state index in [0.717, 1.165) is 19.5 Å². The lowest BCUT2D eigenvalue weighted by Gasteiger charge is -2.25. The van der Waals surface area contributed by atoms with E-state index in [9.17, 15) is 5.11 Å². The van der Waals surface area contributed by atoms with Gasteiger partial charge >= 0.3 is 0 Å². The summed E-state index contributed by atoms with van der Waals surface area (Å²) in [6.07, 6.45) is 1.08. The van der Waals surface area contributed by atoms with Crippen LogP contribution in [0.3, 0.4) is 0 Å². The molecule has 0 spiro atoms. The predicted octanol–water partition coefficient (Wildman–Crippen LogP) is 2.73. The molecule has 0 amide bonds. The van der Waals surface area contributed by atoms with E-state index in [0.29, 0.717) is 11.8 Å². The second kappa shape index (κ2) is 7.55. The van der Waals surface area contributed by atoms with Crippen molar-refractivity contribution in [2.45, 2.75) is 27.2 Å². The van der Waals surface area contributed by atoms with Gasteiger partial charge in [0.25, 0.3) is 0 Å². The SMILES string of the molecule is Cc1ccccc1CCN(C)CC(CO)C(C)C. The van der Waals surface area contributed by atoms with Gasteiger partial charge in [0.1, 0.15) is 0 Å². The van der Waals surface area contributed by atoms with E-state index in [1.807, 2.05) is 0 Å².